The quantitative estimate of drug-likeness (QED) is 0.479. The summed E-state index contributed by atoms with van der Waals surface area (Å²) in [4.78, 5) is 24.8. The number of aromatic nitrogens is 3. The van der Waals surface area contributed by atoms with E-state index in [-0.39, 0.29) is 12.1 Å². The summed E-state index contributed by atoms with van der Waals surface area (Å²) in [5.41, 5.74) is 1.78. The van der Waals surface area contributed by atoms with E-state index >= 15 is 0 Å². The lowest BCUT2D eigenvalue weighted by Crippen LogP contribution is -2.37. The number of nitrogens with zero attached hydrogens (tertiary/aromatic N) is 5. The second kappa shape index (κ2) is 9.59. The van der Waals surface area contributed by atoms with Crippen molar-refractivity contribution < 1.29 is 14.1 Å². The van der Waals surface area contributed by atoms with Gasteiger partial charge in [-0.15, -0.1) is 0 Å². The maximum atomic E-state index is 12.7. The first-order chi connectivity index (χ1) is 15.1. The first-order valence-electron chi connectivity index (χ1n) is 10.6. The highest BCUT2D eigenvalue weighted by Crippen LogP contribution is 2.23. The number of anilines is 1. The summed E-state index contributed by atoms with van der Waals surface area (Å²) in [5, 5.41) is 3.81. The highest BCUT2D eigenvalue weighted by atomic mass is 16.5. The average molecular weight is 422 g/mol. The van der Waals surface area contributed by atoms with E-state index < -0.39 is 0 Å². The van der Waals surface area contributed by atoms with Gasteiger partial charge in [-0.3, -0.25) is 9.88 Å². The minimum absolute atomic E-state index is 0.0754. The molecule has 4 rings (SSSR count). The number of amides is 2. The Morgan fingerprint density at radius 1 is 1.10 bits per heavy atom. The van der Waals surface area contributed by atoms with Crippen LogP contribution in [0.2, 0.25) is 0 Å². The Balaban J connectivity index is 1.18. The SMILES string of the molecule is Cc1noc(-c2ccc(OCCCCC(C)N3CCN(c4ccncc4)C3=O)cc2)n1. The lowest BCUT2D eigenvalue weighted by atomic mass is 10.1. The van der Waals surface area contributed by atoms with Crippen LogP contribution in [0.15, 0.2) is 53.3 Å². The zero-order valence-corrected chi connectivity index (χ0v) is 17.9. The molecule has 0 spiro atoms. The van der Waals surface area contributed by atoms with Crippen molar-refractivity contribution in [3.8, 4) is 17.2 Å². The van der Waals surface area contributed by atoms with Crippen molar-refractivity contribution in [2.45, 2.75) is 39.2 Å². The predicted molar refractivity (Wildman–Crippen MR) is 117 cm³/mol. The molecule has 1 aliphatic rings. The molecule has 162 valence electrons. The summed E-state index contributed by atoms with van der Waals surface area (Å²) in [6, 6.07) is 11.7. The van der Waals surface area contributed by atoms with Gasteiger partial charge in [-0.1, -0.05) is 5.16 Å². The summed E-state index contributed by atoms with van der Waals surface area (Å²) in [5.74, 6) is 1.94. The Kier molecular flexibility index (Phi) is 6.45. The molecule has 1 aliphatic heterocycles. The van der Waals surface area contributed by atoms with Gasteiger partial charge in [0.2, 0.25) is 0 Å². The van der Waals surface area contributed by atoms with E-state index in [0.717, 1.165) is 49.4 Å². The van der Waals surface area contributed by atoms with Gasteiger partial charge in [0.15, 0.2) is 5.82 Å². The first kappa shape index (κ1) is 20.8. The monoisotopic (exact) mass is 421 g/mol. The molecule has 1 saturated heterocycles. The van der Waals surface area contributed by atoms with Crippen LogP contribution in [0.4, 0.5) is 10.5 Å². The molecule has 0 N–H and O–H groups in total. The maximum Gasteiger partial charge on any atom is 0.324 e. The van der Waals surface area contributed by atoms with Crippen molar-refractivity contribution in [1.29, 1.82) is 0 Å². The van der Waals surface area contributed by atoms with E-state index in [0.29, 0.717) is 18.3 Å². The van der Waals surface area contributed by atoms with E-state index in [2.05, 4.69) is 22.0 Å². The van der Waals surface area contributed by atoms with Crippen molar-refractivity contribution in [3.63, 3.8) is 0 Å². The van der Waals surface area contributed by atoms with E-state index in [1.807, 2.05) is 46.2 Å². The third kappa shape index (κ3) is 5.02. The van der Waals surface area contributed by atoms with Gasteiger partial charge in [0.1, 0.15) is 5.75 Å². The number of pyridine rings is 1. The standard InChI is InChI=1S/C23H27N5O3/c1-17(27-14-15-28(23(27)29)20-10-12-24-13-11-20)5-3-4-16-30-21-8-6-19(7-9-21)22-25-18(2)26-31-22/h6-13,17H,3-5,14-16H2,1-2H3. The number of ether oxygens (including phenoxy) is 1. The van der Waals surface area contributed by atoms with Crippen LogP contribution in [0, 0.1) is 6.92 Å². The number of carbonyl (C=O) groups excluding carboxylic acids is 1. The Labute approximate surface area is 181 Å². The predicted octanol–water partition coefficient (Wildman–Crippen LogP) is 4.32. The van der Waals surface area contributed by atoms with Gasteiger partial charge in [0.05, 0.1) is 6.61 Å². The highest BCUT2D eigenvalue weighted by molar-refractivity contribution is 5.94. The topological polar surface area (TPSA) is 84.6 Å². The Morgan fingerprint density at radius 2 is 1.87 bits per heavy atom. The third-order valence-corrected chi connectivity index (χ3v) is 5.46. The molecule has 8 nitrogen and oxygen atoms in total. The van der Waals surface area contributed by atoms with Crippen LogP contribution < -0.4 is 9.64 Å². The van der Waals surface area contributed by atoms with Gasteiger partial charge in [-0.05, 0) is 69.5 Å². The zero-order valence-electron chi connectivity index (χ0n) is 17.9. The van der Waals surface area contributed by atoms with Crippen molar-refractivity contribution in [1.82, 2.24) is 20.0 Å². The summed E-state index contributed by atoms with van der Waals surface area (Å²) < 4.78 is 11.0. The van der Waals surface area contributed by atoms with Gasteiger partial charge < -0.3 is 14.2 Å². The van der Waals surface area contributed by atoms with Gasteiger partial charge in [0, 0.05) is 42.8 Å². The molecule has 1 aromatic carbocycles. The Bertz CT molecular complexity index is 990. The van der Waals surface area contributed by atoms with Gasteiger partial charge in [0.25, 0.3) is 5.89 Å². The molecule has 3 heterocycles. The van der Waals surface area contributed by atoms with Crippen molar-refractivity contribution in [2.24, 2.45) is 0 Å². The van der Waals surface area contributed by atoms with Crippen LogP contribution in [-0.4, -0.2) is 51.8 Å². The average Bonchev–Trinajstić information content (AvgIpc) is 3.40. The second-order valence-corrected chi connectivity index (χ2v) is 7.70. The van der Waals surface area contributed by atoms with Gasteiger partial charge in [-0.2, -0.15) is 4.98 Å². The first-order valence-corrected chi connectivity index (χ1v) is 10.6. The number of unbranched alkanes of at least 4 members (excludes halogenated alkanes) is 1. The van der Waals surface area contributed by atoms with Gasteiger partial charge >= 0.3 is 6.03 Å². The minimum Gasteiger partial charge on any atom is -0.494 e. The number of urea groups is 1. The molecule has 3 aromatic rings. The van der Waals surface area contributed by atoms with Crippen molar-refractivity contribution in [3.05, 3.63) is 54.6 Å². The van der Waals surface area contributed by atoms with Gasteiger partial charge in [-0.25, -0.2) is 4.79 Å². The Hall–Kier alpha value is -3.42. The molecule has 8 heteroatoms. The zero-order chi connectivity index (χ0) is 21.6. The Morgan fingerprint density at radius 3 is 2.58 bits per heavy atom. The fraction of sp³-hybridized carbons (Fsp3) is 0.391. The second-order valence-electron chi connectivity index (χ2n) is 7.70. The number of aryl methyl sites for hydroxylation is 1. The fourth-order valence-corrected chi connectivity index (χ4v) is 3.72. The molecular formula is C23H27N5O3. The minimum atomic E-state index is 0.0754. The third-order valence-electron chi connectivity index (χ3n) is 5.46. The number of rotatable bonds is 9. The van der Waals surface area contributed by atoms with Crippen molar-refractivity contribution >= 4 is 11.7 Å². The number of hydrogen-bond acceptors (Lipinski definition) is 6. The molecule has 1 unspecified atom stereocenters. The van der Waals surface area contributed by atoms with Crippen LogP contribution in [0.25, 0.3) is 11.5 Å². The van der Waals surface area contributed by atoms with Crippen LogP contribution >= 0.6 is 0 Å². The smallest absolute Gasteiger partial charge is 0.324 e. The molecule has 1 atom stereocenters. The molecule has 1 fully saturated rings. The molecule has 0 saturated carbocycles. The summed E-state index contributed by atoms with van der Waals surface area (Å²) >= 11 is 0. The molecule has 31 heavy (non-hydrogen) atoms. The molecule has 0 bridgehead atoms. The summed E-state index contributed by atoms with van der Waals surface area (Å²) in [7, 11) is 0. The van der Waals surface area contributed by atoms with Crippen molar-refractivity contribution in [2.75, 3.05) is 24.6 Å². The largest absolute Gasteiger partial charge is 0.494 e. The fourth-order valence-electron chi connectivity index (χ4n) is 3.72. The number of benzene rings is 1. The van der Waals surface area contributed by atoms with Crippen LogP contribution in [-0.2, 0) is 0 Å². The van der Waals surface area contributed by atoms with E-state index in [9.17, 15) is 4.79 Å². The molecule has 2 amide bonds. The van der Waals surface area contributed by atoms with Crippen LogP contribution in [0.1, 0.15) is 32.0 Å². The maximum absolute atomic E-state index is 12.7. The number of carbonyl (C=O) groups is 1. The van der Waals surface area contributed by atoms with Crippen LogP contribution in [0.3, 0.4) is 0 Å². The molecule has 0 radical (unpaired) electrons. The highest BCUT2D eigenvalue weighted by Gasteiger charge is 2.32. The normalized spacial score (nSPS) is 14.8. The lowest BCUT2D eigenvalue weighted by molar-refractivity contribution is 0.199. The van der Waals surface area contributed by atoms with E-state index in [4.69, 9.17) is 9.26 Å². The molecule has 2 aromatic heterocycles. The molecule has 0 aliphatic carbocycles. The van der Waals surface area contributed by atoms with Crippen LogP contribution in [0.5, 0.6) is 5.75 Å². The van der Waals surface area contributed by atoms with E-state index in [1.54, 1.807) is 19.3 Å². The summed E-state index contributed by atoms with van der Waals surface area (Å²) in [6.45, 7) is 6.03. The summed E-state index contributed by atoms with van der Waals surface area (Å²) in [6.07, 6.45) is 6.32. The lowest BCUT2D eigenvalue weighted by Gasteiger charge is -2.25. The number of hydrogen-bond donors (Lipinski definition) is 0. The van der Waals surface area contributed by atoms with E-state index in [1.165, 1.54) is 0 Å². The molecular weight excluding hydrogens is 394 g/mol.